The number of anilines is 1. The van der Waals surface area contributed by atoms with Gasteiger partial charge in [0.15, 0.2) is 5.75 Å². The first-order valence-electron chi connectivity index (χ1n) is 9.71. The van der Waals surface area contributed by atoms with Crippen molar-refractivity contribution in [2.24, 2.45) is 0 Å². The highest BCUT2D eigenvalue weighted by atomic mass is 32.2. The molecule has 1 aliphatic heterocycles. The van der Waals surface area contributed by atoms with Crippen LogP contribution in [0.4, 0.5) is 5.69 Å². The van der Waals surface area contributed by atoms with Crippen LogP contribution in [0.15, 0.2) is 84.0 Å². The Morgan fingerprint density at radius 1 is 0.968 bits per heavy atom. The van der Waals surface area contributed by atoms with E-state index in [0.717, 1.165) is 16.3 Å². The van der Waals surface area contributed by atoms with Crippen molar-refractivity contribution in [1.29, 1.82) is 5.26 Å². The van der Waals surface area contributed by atoms with E-state index < -0.39 is 10.0 Å². The second-order valence-electron chi connectivity index (χ2n) is 7.16. The molecule has 0 saturated heterocycles. The summed E-state index contributed by atoms with van der Waals surface area (Å²) in [6.45, 7) is 0.424. The van der Waals surface area contributed by atoms with E-state index in [9.17, 15) is 8.42 Å². The van der Waals surface area contributed by atoms with E-state index in [1.165, 1.54) is 10.5 Å². The topological polar surface area (TPSA) is 83.3 Å². The number of benzene rings is 3. The Labute approximate surface area is 180 Å². The molecule has 0 fully saturated rings. The molecule has 0 unspecified atom stereocenters. The van der Waals surface area contributed by atoms with Crippen LogP contribution in [0.2, 0.25) is 0 Å². The predicted octanol–water partition coefficient (Wildman–Crippen LogP) is 4.36. The molecule has 152 valence electrons. The largest absolute Gasteiger partial charge is 0.489 e. The van der Waals surface area contributed by atoms with Crippen LogP contribution < -0.4 is 9.04 Å². The Balaban J connectivity index is 1.60. The van der Waals surface area contributed by atoms with Crippen molar-refractivity contribution >= 4 is 26.5 Å². The third-order valence-electron chi connectivity index (χ3n) is 5.32. The summed E-state index contributed by atoms with van der Waals surface area (Å²) in [6.07, 6.45) is 3.16. The number of sulfonamides is 1. The molecule has 7 heteroatoms. The molecule has 0 N–H and O–H groups in total. The zero-order chi connectivity index (χ0) is 21.4. The monoisotopic (exact) mass is 427 g/mol. The van der Waals surface area contributed by atoms with Crippen LogP contribution in [0, 0.1) is 11.3 Å². The average Bonchev–Trinajstić information content (AvgIpc) is 2.83. The van der Waals surface area contributed by atoms with Crippen molar-refractivity contribution in [3.8, 4) is 22.9 Å². The number of hydrogen-bond donors (Lipinski definition) is 0. The molecule has 0 amide bonds. The van der Waals surface area contributed by atoms with Crippen LogP contribution >= 0.6 is 0 Å². The number of rotatable bonds is 3. The Morgan fingerprint density at radius 2 is 1.74 bits per heavy atom. The summed E-state index contributed by atoms with van der Waals surface area (Å²) in [5.74, 6) is 0.468. The average molecular weight is 427 g/mol. The second-order valence-corrected chi connectivity index (χ2v) is 9.02. The fraction of sp³-hybridized carbons (Fsp3) is 0.0833. The number of fused-ring (bicyclic) bond motifs is 2. The number of nitrogens with zero attached hydrogens (tertiary/aromatic N) is 3. The van der Waals surface area contributed by atoms with Crippen LogP contribution in [0.3, 0.4) is 0 Å². The molecule has 3 aromatic carbocycles. The van der Waals surface area contributed by atoms with Crippen LogP contribution in [0.5, 0.6) is 5.75 Å². The van der Waals surface area contributed by atoms with Gasteiger partial charge in [-0.05, 0) is 40.6 Å². The Bertz CT molecular complexity index is 1440. The summed E-state index contributed by atoms with van der Waals surface area (Å²) in [6, 6.07) is 21.9. The number of nitriles is 1. The summed E-state index contributed by atoms with van der Waals surface area (Å²) >= 11 is 0. The lowest BCUT2D eigenvalue weighted by Gasteiger charge is -2.31. The van der Waals surface area contributed by atoms with E-state index in [1.807, 2.05) is 30.3 Å². The minimum Gasteiger partial charge on any atom is -0.489 e. The molecule has 31 heavy (non-hydrogen) atoms. The zero-order valence-electron chi connectivity index (χ0n) is 16.4. The molecule has 0 spiro atoms. The van der Waals surface area contributed by atoms with Crippen LogP contribution in [-0.2, 0) is 10.0 Å². The lowest BCUT2D eigenvalue weighted by molar-refractivity contribution is 0.316. The molecule has 0 bridgehead atoms. The van der Waals surface area contributed by atoms with E-state index in [-0.39, 0.29) is 18.0 Å². The summed E-state index contributed by atoms with van der Waals surface area (Å²) in [7, 11) is -3.81. The van der Waals surface area contributed by atoms with Gasteiger partial charge in [-0.3, -0.25) is 9.29 Å². The van der Waals surface area contributed by atoms with E-state index >= 15 is 0 Å². The molecule has 0 aliphatic carbocycles. The molecule has 4 aromatic rings. The summed E-state index contributed by atoms with van der Waals surface area (Å²) in [4.78, 5) is 4.50. The van der Waals surface area contributed by atoms with Gasteiger partial charge in [0.25, 0.3) is 10.0 Å². The smallest absolute Gasteiger partial charge is 0.264 e. The summed E-state index contributed by atoms with van der Waals surface area (Å²) < 4.78 is 34.3. The third-order valence-corrected chi connectivity index (χ3v) is 7.13. The minimum atomic E-state index is -3.81. The van der Waals surface area contributed by atoms with E-state index in [1.54, 1.807) is 42.6 Å². The molecule has 0 atom stereocenters. The maximum absolute atomic E-state index is 13.5. The van der Waals surface area contributed by atoms with Crippen LogP contribution in [0.25, 0.3) is 21.9 Å². The van der Waals surface area contributed by atoms with Gasteiger partial charge in [-0.1, -0.05) is 42.5 Å². The fourth-order valence-corrected chi connectivity index (χ4v) is 5.23. The lowest BCUT2D eigenvalue weighted by atomic mass is 10.0. The normalized spacial score (nSPS) is 13.3. The number of hydrogen-bond acceptors (Lipinski definition) is 5. The van der Waals surface area contributed by atoms with Crippen molar-refractivity contribution in [3.63, 3.8) is 0 Å². The minimum absolute atomic E-state index is 0.195. The van der Waals surface area contributed by atoms with Gasteiger partial charge in [0.1, 0.15) is 12.3 Å². The van der Waals surface area contributed by atoms with Gasteiger partial charge in [-0.2, -0.15) is 5.26 Å². The Morgan fingerprint density at radius 3 is 2.52 bits per heavy atom. The van der Waals surface area contributed by atoms with Crippen LogP contribution in [-0.4, -0.2) is 26.6 Å². The van der Waals surface area contributed by atoms with Crippen molar-refractivity contribution in [1.82, 2.24) is 4.98 Å². The highest BCUT2D eigenvalue weighted by Gasteiger charge is 2.32. The molecule has 1 aromatic heterocycles. The van der Waals surface area contributed by atoms with E-state index in [4.69, 9.17) is 10.00 Å². The summed E-state index contributed by atoms with van der Waals surface area (Å²) in [5.41, 5.74) is 2.43. The van der Waals surface area contributed by atoms with Crippen molar-refractivity contribution in [2.75, 3.05) is 17.5 Å². The number of aromatic nitrogens is 1. The van der Waals surface area contributed by atoms with Gasteiger partial charge in [0.05, 0.1) is 29.3 Å². The molecule has 5 rings (SSSR count). The first kappa shape index (κ1) is 19.1. The molecule has 0 saturated carbocycles. The lowest BCUT2D eigenvalue weighted by Crippen LogP contribution is -2.38. The highest BCUT2D eigenvalue weighted by Crippen LogP contribution is 2.41. The van der Waals surface area contributed by atoms with Crippen LogP contribution in [0.1, 0.15) is 5.56 Å². The quantitative estimate of drug-likeness (QED) is 0.485. The van der Waals surface area contributed by atoms with Gasteiger partial charge in [0, 0.05) is 11.8 Å². The predicted molar refractivity (Wildman–Crippen MR) is 118 cm³/mol. The summed E-state index contributed by atoms with van der Waals surface area (Å²) in [5, 5.41) is 10.9. The molecule has 2 heterocycles. The standard InChI is InChI=1S/C24H17N3O3S/c25-14-17-5-7-19(8-6-17)22-15-26-16-23-24(22)30-12-11-27(23)31(28,29)21-10-9-18-3-1-2-4-20(18)13-21/h1-10,13,15-16H,11-12H2. The molecule has 6 nitrogen and oxygen atoms in total. The number of ether oxygens (including phenoxy) is 1. The van der Waals surface area contributed by atoms with Crippen molar-refractivity contribution in [2.45, 2.75) is 4.90 Å². The van der Waals surface area contributed by atoms with Gasteiger partial charge in [0.2, 0.25) is 0 Å². The highest BCUT2D eigenvalue weighted by molar-refractivity contribution is 7.92. The van der Waals surface area contributed by atoms with Crippen molar-refractivity contribution < 1.29 is 13.2 Å². The fourth-order valence-electron chi connectivity index (χ4n) is 3.75. The zero-order valence-corrected chi connectivity index (χ0v) is 17.2. The molecule has 1 aliphatic rings. The SMILES string of the molecule is N#Cc1ccc(-c2cncc3c2OCCN3S(=O)(=O)c2ccc3ccccc3c2)cc1. The molecule has 0 radical (unpaired) electrons. The second kappa shape index (κ2) is 7.42. The Kier molecular flexibility index (Phi) is 4.57. The van der Waals surface area contributed by atoms with Gasteiger partial charge >= 0.3 is 0 Å². The maximum atomic E-state index is 13.5. The Hall–Kier alpha value is -3.89. The first-order valence-corrected chi connectivity index (χ1v) is 11.1. The number of pyridine rings is 1. The van der Waals surface area contributed by atoms with Crippen molar-refractivity contribution in [3.05, 3.63) is 84.7 Å². The van der Waals surface area contributed by atoms with Gasteiger partial charge in [-0.15, -0.1) is 0 Å². The first-order chi connectivity index (χ1) is 15.1. The van der Waals surface area contributed by atoms with Gasteiger partial charge in [-0.25, -0.2) is 8.42 Å². The van der Waals surface area contributed by atoms with Gasteiger partial charge < -0.3 is 4.74 Å². The van der Waals surface area contributed by atoms with E-state index in [0.29, 0.717) is 22.6 Å². The van der Waals surface area contributed by atoms with E-state index in [2.05, 4.69) is 11.1 Å². The molecular formula is C24H17N3O3S. The maximum Gasteiger partial charge on any atom is 0.264 e. The third kappa shape index (κ3) is 3.27. The molecular weight excluding hydrogens is 410 g/mol.